The van der Waals surface area contributed by atoms with E-state index in [0.717, 1.165) is 16.7 Å². The minimum atomic E-state index is -0.163. The Labute approximate surface area is 113 Å². The zero-order chi connectivity index (χ0) is 13.4. The van der Waals surface area contributed by atoms with E-state index in [2.05, 4.69) is 0 Å². The van der Waals surface area contributed by atoms with Crippen molar-refractivity contribution in [3.63, 3.8) is 0 Å². The first-order chi connectivity index (χ1) is 9.15. The normalized spacial score (nSPS) is 17.8. The lowest BCUT2D eigenvalue weighted by Crippen LogP contribution is -2.21. The fourth-order valence-electron chi connectivity index (χ4n) is 2.56. The first-order valence-corrected chi connectivity index (χ1v) is 6.51. The van der Waals surface area contributed by atoms with E-state index in [1.165, 1.54) is 0 Å². The molecule has 0 saturated carbocycles. The SMILES string of the molecule is Cc1ccc2c(c1)C(=O)CC(c1ccccc1C)O2. The van der Waals surface area contributed by atoms with Gasteiger partial charge in [0.25, 0.3) is 0 Å². The lowest BCUT2D eigenvalue weighted by atomic mass is 9.93. The van der Waals surface area contributed by atoms with Crippen LogP contribution in [0.1, 0.15) is 39.6 Å². The van der Waals surface area contributed by atoms with Gasteiger partial charge in [0.2, 0.25) is 0 Å². The maximum atomic E-state index is 12.3. The van der Waals surface area contributed by atoms with Gasteiger partial charge in [0, 0.05) is 0 Å². The molecule has 0 saturated heterocycles. The van der Waals surface area contributed by atoms with E-state index < -0.39 is 0 Å². The topological polar surface area (TPSA) is 26.3 Å². The summed E-state index contributed by atoms with van der Waals surface area (Å²) in [4.78, 5) is 12.3. The van der Waals surface area contributed by atoms with E-state index in [0.29, 0.717) is 17.7 Å². The van der Waals surface area contributed by atoms with Gasteiger partial charge in [0.05, 0.1) is 12.0 Å². The number of ketones is 1. The maximum absolute atomic E-state index is 12.3. The van der Waals surface area contributed by atoms with Gasteiger partial charge >= 0.3 is 0 Å². The van der Waals surface area contributed by atoms with Gasteiger partial charge in [0.1, 0.15) is 11.9 Å². The molecule has 2 heteroatoms. The summed E-state index contributed by atoms with van der Waals surface area (Å²) in [5.74, 6) is 0.869. The van der Waals surface area contributed by atoms with Crippen molar-refractivity contribution >= 4 is 5.78 Å². The third-order valence-electron chi connectivity index (χ3n) is 3.61. The molecule has 1 aliphatic rings. The Bertz CT molecular complexity index is 643. The molecule has 2 aromatic rings. The largest absolute Gasteiger partial charge is 0.484 e. The number of fused-ring (bicyclic) bond motifs is 1. The number of benzene rings is 2. The number of carbonyl (C=O) groups is 1. The van der Waals surface area contributed by atoms with Gasteiger partial charge in [-0.05, 0) is 37.1 Å². The van der Waals surface area contributed by atoms with E-state index in [4.69, 9.17) is 4.74 Å². The molecule has 1 unspecified atom stereocenters. The highest BCUT2D eigenvalue weighted by atomic mass is 16.5. The summed E-state index contributed by atoms with van der Waals surface area (Å²) in [7, 11) is 0. The highest BCUT2D eigenvalue weighted by molar-refractivity contribution is 6.00. The second-order valence-electron chi connectivity index (χ2n) is 5.09. The van der Waals surface area contributed by atoms with Gasteiger partial charge in [0.15, 0.2) is 5.78 Å². The van der Waals surface area contributed by atoms with Crippen molar-refractivity contribution in [2.45, 2.75) is 26.4 Å². The summed E-state index contributed by atoms with van der Waals surface area (Å²) in [5, 5.41) is 0. The van der Waals surface area contributed by atoms with Crippen LogP contribution in [0.2, 0.25) is 0 Å². The van der Waals surface area contributed by atoms with Crippen molar-refractivity contribution in [3.05, 3.63) is 64.7 Å². The van der Waals surface area contributed by atoms with Crippen molar-refractivity contribution in [2.75, 3.05) is 0 Å². The molecule has 96 valence electrons. The van der Waals surface area contributed by atoms with E-state index in [1.54, 1.807) is 0 Å². The number of aryl methyl sites for hydroxylation is 2. The third-order valence-corrected chi connectivity index (χ3v) is 3.61. The summed E-state index contributed by atoms with van der Waals surface area (Å²) >= 11 is 0. The van der Waals surface area contributed by atoms with E-state index >= 15 is 0 Å². The van der Waals surface area contributed by atoms with Crippen LogP contribution in [0.5, 0.6) is 5.75 Å². The Hall–Kier alpha value is -2.09. The Balaban J connectivity index is 2.00. The summed E-state index contributed by atoms with van der Waals surface area (Å²) in [5.41, 5.74) is 4.06. The van der Waals surface area contributed by atoms with Gasteiger partial charge in [-0.25, -0.2) is 0 Å². The van der Waals surface area contributed by atoms with Crippen molar-refractivity contribution in [3.8, 4) is 5.75 Å². The molecule has 0 fully saturated rings. The number of ether oxygens (including phenoxy) is 1. The molecule has 0 amide bonds. The maximum Gasteiger partial charge on any atom is 0.170 e. The zero-order valence-electron chi connectivity index (χ0n) is 11.1. The molecule has 1 aliphatic heterocycles. The van der Waals surface area contributed by atoms with Crippen LogP contribution in [-0.4, -0.2) is 5.78 Å². The van der Waals surface area contributed by atoms with E-state index in [1.807, 2.05) is 56.3 Å². The molecule has 0 bridgehead atoms. The number of Topliss-reactive ketones (excluding diaryl/α,β-unsaturated/α-hetero) is 1. The van der Waals surface area contributed by atoms with Gasteiger partial charge in [-0.3, -0.25) is 4.79 Å². The zero-order valence-corrected chi connectivity index (χ0v) is 11.1. The van der Waals surface area contributed by atoms with Crippen LogP contribution in [0, 0.1) is 13.8 Å². The average molecular weight is 252 g/mol. The van der Waals surface area contributed by atoms with Crippen LogP contribution in [0.25, 0.3) is 0 Å². The quantitative estimate of drug-likeness (QED) is 0.766. The van der Waals surface area contributed by atoms with Crippen LogP contribution >= 0.6 is 0 Å². The minimum Gasteiger partial charge on any atom is -0.484 e. The second-order valence-corrected chi connectivity index (χ2v) is 5.09. The molecule has 1 heterocycles. The highest BCUT2D eigenvalue weighted by Crippen LogP contribution is 2.36. The predicted octanol–water partition coefficient (Wildman–Crippen LogP) is 4.01. The van der Waals surface area contributed by atoms with Crippen molar-refractivity contribution in [1.82, 2.24) is 0 Å². The first-order valence-electron chi connectivity index (χ1n) is 6.51. The Morgan fingerprint density at radius 3 is 2.68 bits per heavy atom. The molecule has 0 N–H and O–H groups in total. The van der Waals surface area contributed by atoms with Gasteiger partial charge in [-0.2, -0.15) is 0 Å². The van der Waals surface area contributed by atoms with E-state index in [-0.39, 0.29) is 11.9 Å². The highest BCUT2D eigenvalue weighted by Gasteiger charge is 2.28. The molecule has 0 radical (unpaired) electrons. The summed E-state index contributed by atoms with van der Waals surface area (Å²) in [6.07, 6.45) is 0.255. The molecule has 1 atom stereocenters. The number of carbonyl (C=O) groups excluding carboxylic acids is 1. The predicted molar refractivity (Wildman–Crippen MR) is 74.7 cm³/mol. The third kappa shape index (κ3) is 2.14. The summed E-state index contributed by atoms with van der Waals surface area (Å²) in [6.45, 7) is 4.04. The average Bonchev–Trinajstić information content (AvgIpc) is 2.40. The van der Waals surface area contributed by atoms with Crippen LogP contribution in [-0.2, 0) is 0 Å². The van der Waals surface area contributed by atoms with Gasteiger partial charge in [-0.1, -0.05) is 35.9 Å². The van der Waals surface area contributed by atoms with Gasteiger partial charge < -0.3 is 4.74 Å². The molecular formula is C17H16O2. The van der Waals surface area contributed by atoms with Gasteiger partial charge in [-0.15, -0.1) is 0 Å². The lowest BCUT2D eigenvalue weighted by Gasteiger charge is -2.26. The molecule has 2 nitrogen and oxygen atoms in total. The van der Waals surface area contributed by atoms with Crippen LogP contribution in [0.15, 0.2) is 42.5 Å². The van der Waals surface area contributed by atoms with Crippen molar-refractivity contribution in [2.24, 2.45) is 0 Å². The van der Waals surface area contributed by atoms with E-state index in [9.17, 15) is 4.79 Å². The van der Waals surface area contributed by atoms with Crippen LogP contribution in [0.4, 0.5) is 0 Å². The standard InChI is InChI=1S/C17H16O2/c1-11-7-8-16-14(9-11)15(18)10-17(19-16)13-6-4-3-5-12(13)2/h3-9,17H,10H2,1-2H3. The minimum absolute atomic E-state index is 0.163. The Morgan fingerprint density at radius 2 is 1.89 bits per heavy atom. The van der Waals surface area contributed by atoms with Crippen molar-refractivity contribution in [1.29, 1.82) is 0 Å². The molecule has 0 spiro atoms. The fourth-order valence-corrected chi connectivity index (χ4v) is 2.56. The molecular weight excluding hydrogens is 236 g/mol. The molecule has 2 aromatic carbocycles. The smallest absolute Gasteiger partial charge is 0.170 e. The number of hydrogen-bond donors (Lipinski definition) is 0. The molecule has 19 heavy (non-hydrogen) atoms. The Kier molecular flexibility index (Phi) is 2.86. The van der Waals surface area contributed by atoms with Crippen LogP contribution in [0.3, 0.4) is 0 Å². The second kappa shape index (κ2) is 4.54. The number of rotatable bonds is 1. The number of hydrogen-bond acceptors (Lipinski definition) is 2. The summed E-state index contributed by atoms with van der Waals surface area (Å²) in [6, 6.07) is 13.9. The molecule has 0 aliphatic carbocycles. The first kappa shape index (κ1) is 12.0. The van der Waals surface area contributed by atoms with Crippen molar-refractivity contribution < 1.29 is 9.53 Å². The summed E-state index contributed by atoms with van der Waals surface area (Å²) < 4.78 is 6.00. The van der Waals surface area contributed by atoms with Crippen LogP contribution < -0.4 is 4.74 Å². The molecule has 3 rings (SSSR count). The monoisotopic (exact) mass is 252 g/mol. The molecule has 0 aromatic heterocycles. The fraction of sp³-hybridized carbons (Fsp3) is 0.235. The lowest BCUT2D eigenvalue weighted by molar-refractivity contribution is 0.0849. The Morgan fingerprint density at radius 1 is 1.11 bits per heavy atom.